The number of benzene rings is 1. The molecule has 1 aromatic heterocycles. The lowest BCUT2D eigenvalue weighted by Crippen LogP contribution is -2.47. The number of halogens is 2. The second-order valence-electron chi connectivity index (χ2n) is 7.00. The Balaban J connectivity index is 0.00000300. The molecule has 9 heteroatoms. The number of aliphatic imine (C=N–C) groups is 1. The van der Waals surface area contributed by atoms with Crippen molar-refractivity contribution >= 4 is 29.9 Å². The molecule has 0 amide bonds. The number of nitrogens with zero attached hydrogens (tertiary/aromatic N) is 4. The number of ether oxygens (including phenoxy) is 1. The normalized spacial score (nSPS) is 17.6. The van der Waals surface area contributed by atoms with Crippen LogP contribution in [0.1, 0.15) is 38.1 Å². The summed E-state index contributed by atoms with van der Waals surface area (Å²) in [4.78, 5) is 4.67. The molecule has 2 N–H and O–H groups in total. The lowest BCUT2D eigenvalue weighted by molar-refractivity contribution is 0.0890. The molecule has 1 aliphatic rings. The summed E-state index contributed by atoms with van der Waals surface area (Å²) in [5.74, 6) is 1.45. The summed E-state index contributed by atoms with van der Waals surface area (Å²) in [5.41, 5.74) is 0.958. The molecule has 29 heavy (non-hydrogen) atoms. The first-order chi connectivity index (χ1) is 13.7. The van der Waals surface area contributed by atoms with Gasteiger partial charge in [-0.05, 0) is 37.5 Å². The van der Waals surface area contributed by atoms with Crippen LogP contribution in [0.4, 0.5) is 4.39 Å². The van der Waals surface area contributed by atoms with E-state index in [1.165, 1.54) is 12.1 Å². The molecule has 0 bridgehead atoms. The molecule has 3 rings (SSSR count). The topological polar surface area (TPSA) is 76.4 Å². The van der Waals surface area contributed by atoms with Gasteiger partial charge in [-0.15, -0.1) is 34.2 Å². The summed E-state index contributed by atoms with van der Waals surface area (Å²) in [6.45, 7) is 6.91. The Morgan fingerprint density at radius 3 is 2.86 bits per heavy atom. The average Bonchev–Trinajstić information content (AvgIpc) is 3.39. The molecule has 0 saturated carbocycles. The van der Waals surface area contributed by atoms with Gasteiger partial charge in [-0.3, -0.25) is 0 Å². The van der Waals surface area contributed by atoms with Crippen molar-refractivity contribution in [1.29, 1.82) is 0 Å². The van der Waals surface area contributed by atoms with E-state index in [4.69, 9.17) is 4.74 Å². The summed E-state index contributed by atoms with van der Waals surface area (Å²) in [7, 11) is 0. The maximum Gasteiger partial charge on any atom is 0.191 e. The molecular formula is C20H30FIN6O. The third-order valence-electron chi connectivity index (χ3n) is 4.88. The van der Waals surface area contributed by atoms with Gasteiger partial charge in [0, 0.05) is 26.1 Å². The molecule has 1 aromatic carbocycles. The number of nitrogens with one attached hydrogen (secondary N) is 2. The van der Waals surface area contributed by atoms with Crippen molar-refractivity contribution in [2.45, 2.75) is 58.3 Å². The van der Waals surface area contributed by atoms with Gasteiger partial charge >= 0.3 is 0 Å². The molecule has 1 aliphatic heterocycles. The van der Waals surface area contributed by atoms with Crippen molar-refractivity contribution in [3.8, 4) is 0 Å². The quantitative estimate of drug-likeness (QED) is 0.321. The van der Waals surface area contributed by atoms with Gasteiger partial charge in [0.15, 0.2) is 5.96 Å². The third-order valence-corrected chi connectivity index (χ3v) is 4.88. The van der Waals surface area contributed by atoms with Gasteiger partial charge in [-0.1, -0.05) is 19.1 Å². The number of guanidine groups is 1. The largest absolute Gasteiger partial charge is 0.376 e. The molecule has 2 atom stereocenters. The monoisotopic (exact) mass is 516 g/mol. The molecule has 1 fully saturated rings. The van der Waals surface area contributed by atoms with Gasteiger partial charge in [-0.2, -0.15) is 0 Å². The Hall–Kier alpha value is -1.75. The van der Waals surface area contributed by atoms with E-state index in [1.54, 1.807) is 18.5 Å². The highest BCUT2D eigenvalue weighted by atomic mass is 127. The van der Waals surface area contributed by atoms with Gasteiger partial charge in [0.25, 0.3) is 0 Å². The zero-order valence-corrected chi connectivity index (χ0v) is 19.3. The number of hydrogen-bond acceptors (Lipinski definition) is 4. The first kappa shape index (κ1) is 23.5. The van der Waals surface area contributed by atoms with E-state index in [-0.39, 0.29) is 41.9 Å². The summed E-state index contributed by atoms with van der Waals surface area (Å²) >= 11 is 0. The van der Waals surface area contributed by atoms with Crippen LogP contribution in [0.15, 0.2) is 35.6 Å². The van der Waals surface area contributed by atoms with E-state index >= 15 is 0 Å². The van der Waals surface area contributed by atoms with Crippen LogP contribution in [0, 0.1) is 5.82 Å². The van der Waals surface area contributed by atoms with E-state index in [2.05, 4.69) is 39.7 Å². The van der Waals surface area contributed by atoms with Crippen LogP contribution in [0.2, 0.25) is 0 Å². The van der Waals surface area contributed by atoms with Gasteiger partial charge < -0.3 is 19.9 Å². The van der Waals surface area contributed by atoms with Crippen LogP contribution in [-0.2, 0) is 24.2 Å². The second-order valence-corrected chi connectivity index (χ2v) is 7.00. The fourth-order valence-electron chi connectivity index (χ4n) is 3.25. The van der Waals surface area contributed by atoms with Gasteiger partial charge in [0.1, 0.15) is 18.0 Å². The van der Waals surface area contributed by atoms with Crippen LogP contribution in [0.5, 0.6) is 0 Å². The van der Waals surface area contributed by atoms with E-state index < -0.39 is 0 Å². The van der Waals surface area contributed by atoms with Crippen molar-refractivity contribution in [1.82, 2.24) is 25.4 Å². The average molecular weight is 516 g/mol. The standard InChI is InChI=1S/C20H29FN6O.HI/c1-3-19-26-24-14-27(19)11-10-22-20(25-15(2)18-5-4-12-28-18)23-13-16-6-8-17(21)9-7-16;/h6-9,14-15,18H,3-5,10-13H2,1-2H3,(H2,22,23,25);1H. The molecular weight excluding hydrogens is 486 g/mol. The molecule has 1 saturated heterocycles. The van der Waals surface area contributed by atoms with E-state index in [0.29, 0.717) is 13.1 Å². The Morgan fingerprint density at radius 2 is 2.17 bits per heavy atom. The van der Waals surface area contributed by atoms with Crippen LogP contribution in [-0.4, -0.2) is 46.0 Å². The van der Waals surface area contributed by atoms with Gasteiger partial charge in [0.05, 0.1) is 18.7 Å². The van der Waals surface area contributed by atoms with Crippen molar-refractivity contribution in [3.05, 3.63) is 47.8 Å². The van der Waals surface area contributed by atoms with Crippen molar-refractivity contribution in [2.24, 2.45) is 4.99 Å². The zero-order chi connectivity index (χ0) is 19.8. The fraction of sp³-hybridized carbons (Fsp3) is 0.550. The molecule has 2 heterocycles. The smallest absolute Gasteiger partial charge is 0.191 e. The van der Waals surface area contributed by atoms with Crippen LogP contribution in [0.25, 0.3) is 0 Å². The third kappa shape index (κ3) is 7.22. The first-order valence-electron chi connectivity index (χ1n) is 9.93. The summed E-state index contributed by atoms with van der Waals surface area (Å²) in [6.07, 6.45) is 4.94. The highest BCUT2D eigenvalue weighted by Gasteiger charge is 2.23. The Kier molecular flexibility index (Phi) is 9.79. The van der Waals surface area contributed by atoms with E-state index in [0.717, 1.165) is 49.8 Å². The fourth-order valence-corrected chi connectivity index (χ4v) is 3.25. The maximum absolute atomic E-state index is 13.1. The van der Waals surface area contributed by atoms with Crippen molar-refractivity contribution < 1.29 is 9.13 Å². The predicted molar refractivity (Wildman–Crippen MR) is 122 cm³/mol. The molecule has 0 spiro atoms. The molecule has 160 valence electrons. The molecule has 0 aliphatic carbocycles. The predicted octanol–water partition coefficient (Wildman–Crippen LogP) is 2.90. The summed E-state index contributed by atoms with van der Waals surface area (Å²) in [5, 5.41) is 14.9. The van der Waals surface area contributed by atoms with Crippen LogP contribution in [0.3, 0.4) is 0 Å². The Labute approximate surface area is 188 Å². The zero-order valence-electron chi connectivity index (χ0n) is 17.0. The number of aryl methyl sites for hydroxylation is 1. The minimum Gasteiger partial charge on any atom is -0.376 e. The molecule has 0 radical (unpaired) electrons. The molecule has 2 unspecified atom stereocenters. The Morgan fingerprint density at radius 1 is 1.38 bits per heavy atom. The second kappa shape index (κ2) is 12.1. The lowest BCUT2D eigenvalue weighted by atomic mass is 10.1. The number of aromatic nitrogens is 3. The Bertz CT molecular complexity index is 761. The SMILES string of the molecule is CCc1nncn1CCNC(=NCc1ccc(F)cc1)NC(C)C1CCCO1.I. The number of rotatable bonds is 8. The highest BCUT2D eigenvalue weighted by Crippen LogP contribution is 2.15. The maximum atomic E-state index is 13.1. The van der Waals surface area contributed by atoms with Gasteiger partial charge in [-0.25, -0.2) is 9.38 Å². The molecule has 2 aromatic rings. The molecule has 7 nitrogen and oxygen atoms in total. The summed E-state index contributed by atoms with van der Waals surface area (Å²) in [6, 6.07) is 6.58. The minimum atomic E-state index is -0.239. The highest BCUT2D eigenvalue weighted by molar-refractivity contribution is 14.0. The van der Waals surface area contributed by atoms with E-state index in [1.807, 2.05) is 4.57 Å². The van der Waals surface area contributed by atoms with Crippen molar-refractivity contribution in [3.63, 3.8) is 0 Å². The van der Waals surface area contributed by atoms with Crippen LogP contribution < -0.4 is 10.6 Å². The van der Waals surface area contributed by atoms with E-state index in [9.17, 15) is 4.39 Å². The van der Waals surface area contributed by atoms with Crippen molar-refractivity contribution in [2.75, 3.05) is 13.2 Å². The van der Waals surface area contributed by atoms with Gasteiger partial charge in [0.2, 0.25) is 0 Å². The lowest BCUT2D eigenvalue weighted by Gasteiger charge is -2.23. The first-order valence-corrected chi connectivity index (χ1v) is 9.93. The van der Waals surface area contributed by atoms with Crippen LogP contribution >= 0.6 is 24.0 Å². The number of hydrogen-bond donors (Lipinski definition) is 2. The summed E-state index contributed by atoms with van der Waals surface area (Å²) < 4.78 is 20.9. The minimum absolute atomic E-state index is 0.